The minimum Gasteiger partial charge on any atom is -0.231 e. The van der Waals surface area contributed by atoms with Crippen LogP contribution in [0.25, 0.3) is 0 Å². The van der Waals surface area contributed by atoms with Crippen molar-refractivity contribution in [3.8, 4) is 0 Å². The van der Waals surface area contributed by atoms with Crippen molar-refractivity contribution < 1.29 is 47.7 Å². The highest BCUT2D eigenvalue weighted by molar-refractivity contribution is 8.10. The number of alkyl halides is 6. The Labute approximate surface area is 126 Å². The van der Waals surface area contributed by atoms with Crippen LogP contribution in [-0.4, -0.2) is 32.5 Å². The van der Waals surface area contributed by atoms with Crippen LogP contribution in [0.15, 0.2) is 31.4 Å². The molecule has 0 fully saturated rings. The second-order valence-electron chi connectivity index (χ2n) is 3.86. The minimum absolute atomic E-state index is 0.126. The summed E-state index contributed by atoms with van der Waals surface area (Å²) >= 11 is 0. The topological polar surface area (TPSA) is 80.3 Å². The third-order valence-corrected chi connectivity index (χ3v) is 5.75. The zero-order valence-corrected chi connectivity index (χ0v) is 12.4. The average Bonchev–Trinajstić information content (AvgIpc) is 2.74. The number of allylic oxidation sites excluding steroid dienone is 1. The van der Waals surface area contributed by atoms with Gasteiger partial charge in [-0.05, 0) is 3.82 Å². The van der Waals surface area contributed by atoms with Gasteiger partial charge in [0.15, 0.2) is 6.20 Å². The molecule has 0 bridgehead atoms. The van der Waals surface area contributed by atoms with E-state index >= 15 is 0 Å². The maximum absolute atomic E-state index is 12.5. The molecule has 15 heteroatoms. The highest BCUT2D eigenvalue weighted by Gasteiger charge is 2.64. The lowest BCUT2D eigenvalue weighted by Crippen LogP contribution is -2.55. The van der Waals surface area contributed by atoms with Gasteiger partial charge < -0.3 is 0 Å². The van der Waals surface area contributed by atoms with E-state index in [1.54, 1.807) is 0 Å². The van der Waals surface area contributed by atoms with Crippen molar-refractivity contribution in [3.63, 3.8) is 0 Å². The van der Waals surface area contributed by atoms with Crippen molar-refractivity contribution in [2.45, 2.75) is 17.6 Å². The molecule has 1 rings (SSSR count). The number of nitrogens with zero attached hydrogens (tertiary/aromatic N) is 3. The molecule has 0 aromatic carbocycles. The Hall–Kier alpha value is -1.77. The Morgan fingerprint density at radius 3 is 1.83 bits per heavy atom. The molecule has 0 aliphatic heterocycles. The van der Waals surface area contributed by atoms with E-state index in [0.29, 0.717) is 12.5 Å². The van der Waals surface area contributed by atoms with Gasteiger partial charge in [-0.1, -0.05) is 12.7 Å². The van der Waals surface area contributed by atoms with Gasteiger partial charge >= 0.3 is 31.1 Å². The molecule has 0 spiro atoms. The van der Waals surface area contributed by atoms with E-state index in [1.807, 2.05) is 0 Å². The number of imidazole rings is 1. The van der Waals surface area contributed by atoms with Crippen LogP contribution in [0.3, 0.4) is 0 Å². The van der Waals surface area contributed by atoms with Crippen LogP contribution < -0.4 is 8.39 Å². The second-order valence-corrected chi connectivity index (χ2v) is 7.61. The predicted molar refractivity (Wildman–Crippen MR) is 63.0 cm³/mol. The summed E-state index contributed by atoms with van der Waals surface area (Å²) in [5.74, 6) is 0. The van der Waals surface area contributed by atoms with Gasteiger partial charge in [0.25, 0.3) is 6.33 Å². The summed E-state index contributed by atoms with van der Waals surface area (Å²) < 4.78 is 119. The molecule has 0 saturated heterocycles. The monoisotopic (exact) mass is 388 g/mol. The first kappa shape index (κ1) is 19.3. The van der Waals surface area contributed by atoms with Crippen LogP contribution in [0.5, 0.6) is 0 Å². The standard InChI is InChI=1S/C8H8F6N3O4S2/c1-2-3-15-4-5-16(6-15)17(22(18,19)7(9,10)11)23(20,21)8(12,13)14/h2,4-6H,1,3H2/q+1. The zero-order valence-electron chi connectivity index (χ0n) is 10.8. The number of halogens is 6. The van der Waals surface area contributed by atoms with Crippen LogP contribution in [0, 0.1) is 0 Å². The van der Waals surface area contributed by atoms with E-state index in [2.05, 4.69) is 6.58 Å². The van der Waals surface area contributed by atoms with E-state index in [4.69, 9.17) is 0 Å². The Morgan fingerprint density at radius 1 is 1.04 bits per heavy atom. The quantitative estimate of drug-likeness (QED) is 0.420. The molecular weight excluding hydrogens is 380 g/mol. The number of sulfonamides is 2. The van der Waals surface area contributed by atoms with Crippen molar-refractivity contribution in [2.24, 2.45) is 0 Å². The van der Waals surface area contributed by atoms with E-state index in [9.17, 15) is 43.2 Å². The van der Waals surface area contributed by atoms with Crippen LogP contribution in [0.2, 0.25) is 0 Å². The molecule has 23 heavy (non-hydrogen) atoms. The number of hydrogen-bond acceptors (Lipinski definition) is 4. The van der Waals surface area contributed by atoms with Crippen LogP contribution in [0.1, 0.15) is 0 Å². The fraction of sp³-hybridized carbons (Fsp3) is 0.375. The molecule has 0 unspecified atom stereocenters. The lowest BCUT2D eigenvalue weighted by Gasteiger charge is -2.21. The SMILES string of the molecule is C=CC[n+]1ccn(N(S(=O)(=O)C(F)(F)F)S(=O)(=O)C(F)(F)F)c1. The van der Waals surface area contributed by atoms with Crippen LogP contribution in [-0.2, 0) is 26.6 Å². The molecular formula is C8H8F6N3O4S2+. The summed E-state index contributed by atoms with van der Waals surface area (Å²) in [7, 11) is -13.8. The Morgan fingerprint density at radius 2 is 1.48 bits per heavy atom. The van der Waals surface area contributed by atoms with Gasteiger partial charge in [-0.15, -0.1) is 4.68 Å². The molecule has 132 valence electrons. The second kappa shape index (κ2) is 5.70. The van der Waals surface area contributed by atoms with Gasteiger partial charge in [0, 0.05) is 0 Å². The third-order valence-electron chi connectivity index (χ3n) is 2.20. The van der Waals surface area contributed by atoms with Crippen molar-refractivity contribution in [3.05, 3.63) is 31.4 Å². The van der Waals surface area contributed by atoms with Crippen molar-refractivity contribution >= 4 is 20.0 Å². The summed E-state index contributed by atoms with van der Waals surface area (Å²) in [6, 6.07) is 0. The van der Waals surface area contributed by atoms with Crippen LogP contribution >= 0.6 is 0 Å². The molecule has 0 aliphatic carbocycles. The molecule has 1 aromatic rings. The normalized spacial score (nSPS) is 13.8. The first-order chi connectivity index (χ1) is 10.2. The van der Waals surface area contributed by atoms with Gasteiger partial charge in [-0.25, -0.2) is 4.57 Å². The molecule has 0 N–H and O–H groups in total. The minimum atomic E-state index is -6.88. The van der Waals surface area contributed by atoms with E-state index in [1.165, 1.54) is 6.08 Å². The summed E-state index contributed by atoms with van der Waals surface area (Å²) in [5.41, 5.74) is -12.6. The summed E-state index contributed by atoms with van der Waals surface area (Å²) in [4.78, 5) is 0. The molecule has 7 nitrogen and oxygen atoms in total. The van der Waals surface area contributed by atoms with E-state index in [-0.39, 0.29) is 11.2 Å². The van der Waals surface area contributed by atoms with Crippen molar-refractivity contribution in [1.29, 1.82) is 0 Å². The fourth-order valence-corrected chi connectivity index (χ4v) is 3.88. The van der Waals surface area contributed by atoms with E-state index in [0.717, 1.165) is 10.8 Å². The maximum Gasteiger partial charge on any atom is 0.520 e. The Kier molecular flexibility index (Phi) is 4.78. The zero-order chi connectivity index (χ0) is 18.3. The molecule has 1 aromatic heterocycles. The number of hydrogen-bond donors (Lipinski definition) is 0. The van der Waals surface area contributed by atoms with Gasteiger partial charge in [0.2, 0.25) is 0 Å². The smallest absolute Gasteiger partial charge is 0.231 e. The van der Waals surface area contributed by atoms with Gasteiger partial charge in [0.1, 0.15) is 12.7 Å². The first-order valence-electron chi connectivity index (χ1n) is 5.27. The Bertz CT molecular complexity index is 749. The highest BCUT2D eigenvalue weighted by Crippen LogP contribution is 2.33. The largest absolute Gasteiger partial charge is 0.520 e. The lowest BCUT2D eigenvalue weighted by atomic mass is 10.6. The fourth-order valence-electron chi connectivity index (χ4n) is 1.29. The van der Waals surface area contributed by atoms with Crippen molar-refractivity contribution in [1.82, 2.24) is 4.68 Å². The van der Waals surface area contributed by atoms with Crippen molar-refractivity contribution in [2.75, 3.05) is 3.82 Å². The predicted octanol–water partition coefficient (Wildman–Crippen LogP) is 0.599. The first-order valence-corrected chi connectivity index (χ1v) is 8.15. The number of rotatable bonds is 5. The highest BCUT2D eigenvalue weighted by atomic mass is 32.3. The molecule has 0 radical (unpaired) electrons. The van der Waals surface area contributed by atoms with E-state index < -0.39 is 34.9 Å². The molecule has 0 atom stereocenters. The summed E-state index contributed by atoms with van der Waals surface area (Å²) in [5, 5.41) is 0. The third kappa shape index (κ3) is 3.44. The van der Waals surface area contributed by atoms with Crippen LogP contribution in [0.4, 0.5) is 26.3 Å². The Balaban J connectivity index is 3.67. The lowest BCUT2D eigenvalue weighted by molar-refractivity contribution is -0.686. The molecule has 0 saturated carbocycles. The summed E-state index contributed by atoms with van der Waals surface area (Å²) in [6.07, 6.45) is 2.85. The summed E-state index contributed by atoms with van der Waals surface area (Å²) in [6.45, 7) is 3.12. The molecule has 1 heterocycles. The van der Waals surface area contributed by atoms with Gasteiger partial charge in [-0.3, -0.25) is 0 Å². The van der Waals surface area contributed by atoms with Gasteiger partial charge in [0.05, 0.1) is 0 Å². The molecule has 0 aliphatic rings. The number of aromatic nitrogens is 2. The van der Waals surface area contributed by atoms with Gasteiger partial charge in [-0.2, -0.15) is 43.2 Å². The maximum atomic E-state index is 12.5. The average molecular weight is 388 g/mol. The molecule has 0 amide bonds.